The Hall–Kier alpha value is -1.74. The summed E-state index contributed by atoms with van der Waals surface area (Å²) < 4.78 is 3.86. The van der Waals surface area contributed by atoms with Crippen LogP contribution in [0.2, 0.25) is 5.02 Å². The number of hydrogen-bond donors (Lipinski definition) is 0. The first-order valence-corrected chi connectivity index (χ1v) is 5.73. The SMILES string of the molecule is Cc1[c]c(-n2ccc3ccc(Cl)cc32)n(C)n1. The lowest BCUT2D eigenvalue weighted by Crippen LogP contribution is -2.01. The summed E-state index contributed by atoms with van der Waals surface area (Å²) in [7, 11) is 1.91. The highest BCUT2D eigenvalue weighted by atomic mass is 35.5. The Morgan fingerprint density at radius 2 is 2.12 bits per heavy atom. The van der Waals surface area contributed by atoms with Crippen LogP contribution in [0.4, 0.5) is 0 Å². The third-order valence-corrected chi connectivity index (χ3v) is 3.02. The second-order valence-electron chi connectivity index (χ2n) is 4.05. The maximum Gasteiger partial charge on any atom is 0.143 e. The van der Waals surface area contributed by atoms with E-state index < -0.39 is 0 Å². The number of halogens is 1. The van der Waals surface area contributed by atoms with Gasteiger partial charge >= 0.3 is 0 Å². The Balaban J connectivity index is 2.30. The van der Waals surface area contributed by atoms with Crippen molar-refractivity contribution >= 4 is 22.5 Å². The minimum absolute atomic E-state index is 0.733. The van der Waals surface area contributed by atoms with Crippen molar-refractivity contribution in [3.05, 3.63) is 47.2 Å². The van der Waals surface area contributed by atoms with E-state index >= 15 is 0 Å². The van der Waals surface area contributed by atoms with Crippen molar-refractivity contribution in [3.63, 3.8) is 0 Å². The minimum atomic E-state index is 0.733. The zero-order chi connectivity index (χ0) is 12.0. The molecule has 0 aliphatic carbocycles. The topological polar surface area (TPSA) is 22.8 Å². The van der Waals surface area contributed by atoms with Gasteiger partial charge in [-0.3, -0.25) is 4.68 Å². The monoisotopic (exact) mass is 244 g/mol. The van der Waals surface area contributed by atoms with Crippen LogP contribution in [0.25, 0.3) is 16.7 Å². The molecule has 2 aromatic heterocycles. The number of benzene rings is 1. The highest BCUT2D eigenvalue weighted by Gasteiger charge is 2.08. The molecular weight excluding hydrogens is 234 g/mol. The van der Waals surface area contributed by atoms with E-state index in [1.807, 2.05) is 47.6 Å². The van der Waals surface area contributed by atoms with E-state index in [1.165, 1.54) is 0 Å². The fourth-order valence-electron chi connectivity index (χ4n) is 2.04. The molecule has 1 radical (unpaired) electrons. The molecule has 1 aromatic carbocycles. The first kappa shape index (κ1) is 10.4. The third-order valence-electron chi connectivity index (χ3n) is 2.78. The normalized spacial score (nSPS) is 11.2. The Morgan fingerprint density at radius 3 is 2.82 bits per heavy atom. The Bertz CT molecular complexity index is 694. The van der Waals surface area contributed by atoms with Gasteiger partial charge in [0.25, 0.3) is 0 Å². The van der Waals surface area contributed by atoms with Gasteiger partial charge in [0.1, 0.15) is 5.82 Å². The van der Waals surface area contributed by atoms with Crippen LogP contribution >= 0.6 is 11.6 Å². The number of hydrogen-bond acceptors (Lipinski definition) is 1. The van der Waals surface area contributed by atoms with Gasteiger partial charge in [0, 0.05) is 23.7 Å². The van der Waals surface area contributed by atoms with Gasteiger partial charge in [0.2, 0.25) is 0 Å². The van der Waals surface area contributed by atoms with Crippen molar-refractivity contribution in [2.45, 2.75) is 6.92 Å². The maximum absolute atomic E-state index is 6.03. The van der Waals surface area contributed by atoms with Crippen molar-refractivity contribution in [2.24, 2.45) is 7.05 Å². The first-order chi connectivity index (χ1) is 8.15. The highest BCUT2D eigenvalue weighted by molar-refractivity contribution is 6.31. The number of rotatable bonds is 1. The van der Waals surface area contributed by atoms with Crippen molar-refractivity contribution < 1.29 is 0 Å². The first-order valence-electron chi connectivity index (χ1n) is 5.35. The van der Waals surface area contributed by atoms with Gasteiger partial charge in [-0.25, -0.2) is 0 Å². The van der Waals surface area contributed by atoms with Crippen LogP contribution in [-0.2, 0) is 7.05 Å². The quantitative estimate of drug-likeness (QED) is 0.645. The standard InChI is InChI=1S/C13H11ClN3/c1-9-7-13(16(2)15-9)17-6-5-10-3-4-11(14)8-12(10)17/h3-6,8H,1-2H3. The second kappa shape index (κ2) is 3.64. The van der Waals surface area contributed by atoms with Crippen molar-refractivity contribution in [1.82, 2.24) is 14.3 Å². The van der Waals surface area contributed by atoms with E-state index in [-0.39, 0.29) is 0 Å². The molecule has 0 saturated heterocycles. The molecule has 4 heteroatoms. The molecule has 0 bridgehead atoms. The lowest BCUT2D eigenvalue weighted by atomic mass is 10.2. The zero-order valence-electron chi connectivity index (χ0n) is 9.61. The Labute approximate surface area is 104 Å². The summed E-state index contributed by atoms with van der Waals surface area (Å²) in [5.41, 5.74) is 1.95. The minimum Gasteiger partial charge on any atom is -0.301 e. The van der Waals surface area contributed by atoms with Gasteiger partial charge in [0.15, 0.2) is 0 Å². The number of nitrogens with zero attached hydrogens (tertiary/aromatic N) is 3. The molecule has 0 aliphatic heterocycles. The summed E-state index contributed by atoms with van der Waals surface area (Å²) >= 11 is 6.03. The summed E-state index contributed by atoms with van der Waals surface area (Å²) in [6, 6.07) is 11.1. The maximum atomic E-state index is 6.03. The molecule has 3 nitrogen and oxygen atoms in total. The van der Waals surface area contributed by atoms with Gasteiger partial charge in [0.05, 0.1) is 17.3 Å². The average molecular weight is 245 g/mol. The highest BCUT2D eigenvalue weighted by Crippen LogP contribution is 2.23. The molecular formula is C13H11ClN3. The summed E-state index contributed by atoms with van der Waals surface area (Å²) in [6.45, 7) is 1.93. The van der Waals surface area contributed by atoms with E-state index in [9.17, 15) is 0 Å². The predicted octanol–water partition coefficient (Wildman–Crippen LogP) is 3.13. The molecule has 0 fully saturated rings. The van der Waals surface area contributed by atoms with Gasteiger partial charge in [-0.1, -0.05) is 17.7 Å². The number of aryl methyl sites for hydroxylation is 2. The van der Waals surface area contributed by atoms with Gasteiger partial charge < -0.3 is 4.57 Å². The molecule has 0 atom stereocenters. The van der Waals surface area contributed by atoms with Gasteiger partial charge in [-0.2, -0.15) is 5.10 Å². The number of fused-ring (bicyclic) bond motifs is 1. The van der Waals surface area contributed by atoms with E-state index in [1.54, 1.807) is 0 Å². The van der Waals surface area contributed by atoms with Crippen LogP contribution in [0.3, 0.4) is 0 Å². The molecule has 3 rings (SSSR count). The fourth-order valence-corrected chi connectivity index (χ4v) is 2.21. The van der Waals surface area contributed by atoms with E-state index in [4.69, 9.17) is 11.6 Å². The molecule has 0 unspecified atom stereocenters. The van der Waals surface area contributed by atoms with E-state index in [0.717, 1.165) is 27.4 Å². The van der Waals surface area contributed by atoms with Crippen LogP contribution in [0.5, 0.6) is 0 Å². The van der Waals surface area contributed by atoms with E-state index in [2.05, 4.69) is 17.2 Å². The summed E-state index contributed by atoms with van der Waals surface area (Å²) in [5.74, 6) is 0.916. The summed E-state index contributed by atoms with van der Waals surface area (Å²) in [6.07, 6.45) is 2.01. The molecule has 0 amide bonds. The van der Waals surface area contributed by atoms with Crippen LogP contribution in [0.1, 0.15) is 5.69 Å². The third kappa shape index (κ3) is 1.63. The lowest BCUT2D eigenvalue weighted by Gasteiger charge is -2.05. The Morgan fingerprint density at radius 1 is 1.29 bits per heavy atom. The van der Waals surface area contributed by atoms with E-state index in [0.29, 0.717) is 0 Å². The van der Waals surface area contributed by atoms with Crippen LogP contribution in [-0.4, -0.2) is 14.3 Å². The molecule has 2 heterocycles. The molecule has 0 saturated carbocycles. The summed E-state index contributed by atoms with van der Waals surface area (Å²) in [5, 5.41) is 6.19. The van der Waals surface area contributed by atoms with Crippen LogP contribution in [0, 0.1) is 13.0 Å². The average Bonchev–Trinajstić information content (AvgIpc) is 2.81. The molecule has 0 aliphatic rings. The molecule has 3 aromatic rings. The zero-order valence-corrected chi connectivity index (χ0v) is 10.4. The molecule has 85 valence electrons. The largest absolute Gasteiger partial charge is 0.301 e. The van der Waals surface area contributed by atoms with Crippen molar-refractivity contribution in [1.29, 1.82) is 0 Å². The molecule has 17 heavy (non-hydrogen) atoms. The molecule has 0 spiro atoms. The van der Waals surface area contributed by atoms with Gasteiger partial charge in [-0.15, -0.1) is 0 Å². The fraction of sp³-hybridized carbons (Fsp3) is 0.154. The van der Waals surface area contributed by atoms with Crippen LogP contribution in [0.15, 0.2) is 30.5 Å². The lowest BCUT2D eigenvalue weighted by molar-refractivity contribution is 0.728. The van der Waals surface area contributed by atoms with Crippen LogP contribution < -0.4 is 0 Å². The predicted molar refractivity (Wildman–Crippen MR) is 68.6 cm³/mol. The van der Waals surface area contributed by atoms with Crippen molar-refractivity contribution in [2.75, 3.05) is 0 Å². The summed E-state index contributed by atoms with van der Waals surface area (Å²) in [4.78, 5) is 0. The van der Waals surface area contributed by atoms with Crippen molar-refractivity contribution in [3.8, 4) is 5.82 Å². The number of aromatic nitrogens is 3. The van der Waals surface area contributed by atoms with Gasteiger partial charge in [-0.05, 0) is 25.1 Å². The smallest absolute Gasteiger partial charge is 0.143 e. The molecule has 0 N–H and O–H groups in total. The second-order valence-corrected chi connectivity index (χ2v) is 4.48. The Kier molecular flexibility index (Phi) is 2.23.